The number of aryl methyl sites for hydroxylation is 2. The predicted molar refractivity (Wildman–Crippen MR) is 54.7 cm³/mol. The molecule has 0 aliphatic heterocycles. The molecule has 88 valence electrons. The third kappa shape index (κ3) is 2.88. The number of aromatic nitrogens is 2. The molecule has 0 atom stereocenters. The Kier molecular flexibility index (Phi) is 4.15. The first-order valence-corrected chi connectivity index (χ1v) is 4.64. The molecule has 1 rings (SSSR count). The molecule has 0 spiro atoms. The molecule has 0 fully saturated rings. The van der Waals surface area contributed by atoms with Crippen molar-refractivity contribution in [1.82, 2.24) is 15.3 Å². The van der Waals surface area contributed by atoms with E-state index in [9.17, 15) is 9.59 Å². The molecular formula is C9H13N3O4. The van der Waals surface area contributed by atoms with Crippen molar-refractivity contribution in [2.24, 2.45) is 7.05 Å². The Morgan fingerprint density at radius 1 is 1.69 bits per heavy atom. The minimum atomic E-state index is -0.563. The van der Waals surface area contributed by atoms with Crippen LogP contribution in [0.2, 0.25) is 0 Å². The van der Waals surface area contributed by atoms with Crippen LogP contribution in [0.3, 0.4) is 0 Å². The Hall–Kier alpha value is -1.73. The molecule has 0 aliphatic rings. The van der Waals surface area contributed by atoms with E-state index in [0.717, 1.165) is 4.68 Å². The quantitative estimate of drug-likeness (QED) is 0.495. The number of aliphatic hydroxyl groups excluding tert-OH is 1. The summed E-state index contributed by atoms with van der Waals surface area (Å²) in [6.45, 7) is 1.39. The lowest BCUT2D eigenvalue weighted by Crippen LogP contribution is -2.30. The van der Waals surface area contributed by atoms with Gasteiger partial charge in [0.25, 0.3) is 11.5 Å². The summed E-state index contributed by atoms with van der Waals surface area (Å²) < 4.78 is 1.08. The van der Waals surface area contributed by atoms with Crippen LogP contribution < -0.4 is 11.0 Å². The summed E-state index contributed by atoms with van der Waals surface area (Å²) in [7, 11) is 1.46. The number of rotatable bonds is 4. The van der Waals surface area contributed by atoms with Crippen LogP contribution >= 0.6 is 0 Å². The van der Waals surface area contributed by atoms with Gasteiger partial charge in [0, 0.05) is 12.6 Å². The summed E-state index contributed by atoms with van der Waals surface area (Å²) in [6, 6.07) is 1.37. The molecule has 1 amide bonds. The fourth-order valence-corrected chi connectivity index (χ4v) is 1.08. The van der Waals surface area contributed by atoms with E-state index in [1.54, 1.807) is 6.92 Å². The van der Waals surface area contributed by atoms with E-state index in [1.165, 1.54) is 13.1 Å². The van der Waals surface area contributed by atoms with Crippen LogP contribution in [0.1, 0.15) is 16.1 Å². The number of hydroxylamine groups is 1. The average molecular weight is 227 g/mol. The largest absolute Gasteiger partial charge is 0.394 e. The number of hydrogen-bond acceptors (Lipinski definition) is 5. The molecule has 0 aromatic carbocycles. The van der Waals surface area contributed by atoms with Gasteiger partial charge in [-0.3, -0.25) is 14.4 Å². The van der Waals surface area contributed by atoms with Crippen LogP contribution in [0.4, 0.5) is 0 Å². The minimum Gasteiger partial charge on any atom is -0.394 e. The van der Waals surface area contributed by atoms with Gasteiger partial charge in [-0.05, 0) is 13.0 Å². The maximum Gasteiger partial charge on any atom is 0.295 e. The van der Waals surface area contributed by atoms with E-state index in [4.69, 9.17) is 5.11 Å². The molecule has 0 radical (unpaired) electrons. The van der Waals surface area contributed by atoms with Crippen molar-refractivity contribution in [2.45, 2.75) is 6.92 Å². The average Bonchev–Trinajstić information content (AvgIpc) is 2.25. The number of nitrogens with one attached hydrogen (secondary N) is 1. The van der Waals surface area contributed by atoms with Gasteiger partial charge in [-0.1, -0.05) is 0 Å². The van der Waals surface area contributed by atoms with Crippen LogP contribution in [-0.2, 0) is 11.9 Å². The highest BCUT2D eigenvalue weighted by Gasteiger charge is 2.10. The smallest absolute Gasteiger partial charge is 0.295 e. The van der Waals surface area contributed by atoms with Crippen molar-refractivity contribution in [2.75, 3.05) is 13.2 Å². The minimum absolute atomic E-state index is 0.00349. The summed E-state index contributed by atoms with van der Waals surface area (Å²) >= 11 is 0. The molecule has 0 unspecified atom stereocenters. The highest BCUT2D eigenvalue weighted by molar-refractivity contribution is 5.91. The van der Waals surface area contributed by atoms with Gasteiger partial charge in [0.2, 0.25) is 0 Å². The summed E-state index contributed by atoms with van der Waals surface area (Å²) in [5.41, 5.74) is 2.34. The lowest BCUT2D eigenvalue weighted by Gasteiger charge is -2.05. The van der Waals surface area contributed by atoms with E-state index in [2.05, 4.69) is 15.4 Å². The normalized spacial score (nSPS) is 10.2. The zero-order valence-corrected chi connectivity index (χ0v) is 9.06. The Labute approximate surface area is 91.6 Å². The highest BCUT2D eigenvalue weighted by atomic mass is 16.7. The summed E-state index contributed by atoms with van der Waals surface area (Å²) in [5, 5.41) is 12.2. The zero-order valence-electron chi connectivity index (χ0n) is 9.06. The summed E-state index contributed by atoms with van der Waals surface area (Å²) in [4.78, 5) is 27.4. The summed E-state index contributed by atoms with van der Waals surface area (Å²) in [5.74, 6) is -0.563. The number of nitrogens with zero attached hydrogens (tertiary/aromatic N) is 2. The maximum absolute atomic E-state index is 11.4. The van der Waals surface area contributed by atoms with E-state index in [-0.39, 0.29) is 24.5 Å². The molecule has 16 heavy (non-hydrogen) atoms. The third-order valence-corrected chi connectivity index (χ3v) is 1.83. The van der Waals surface area contributed by atoms with Gasteiger partial charge in [-0.2, -0.15) is 5.10 Å². The van der Waals surface area contributed by atoms with Gasteiger partial charge in [0.1, 0.15) is 0 Å². The fraction of sp³-hybridized carbons (Fsp3) is 0.444. The van der Waals surface area contributed by atoms with Crippen molar-refractivity contribution in [3.8, 4) is 0 Å². The second-order valence-corrected chi connectivity index (χ2v) is 3.14. The van der Waals surface area contributed by atoms with E-state index in [1.807, 2.05) is 0 Å². The molecule has 0 bridgehead atoms. The van der Waals surface area contributed by atoms with Crippen LogP contribution in [0.5, 0.6) is 0 Å². The molecule has 1 aromatic rings. The first-order valence-electron chi connectivity index (χ1n) is 4.64. The van der Waals surface area contributed by atoms with Crippen molar-refractivity contribution in [1.29, 1.82) is 0 Å². The molecule has 7 heteroatoms. The number of hydrogen-bond donors (Lipinski definition) is 2. The van der Waals surface area contributed by atoms with Gasteiger partial charge >= 0.3 is 0 Å². The zero-order chi connectivity index (χ0) is 12.1. The monoisotopic (exact) mass is 227 g/mol. The SMILES string of the molecule is Cc1cc(C(=O)NOCCO)nn(C)c1=O. The van der Waals surface area contributed by atoms with E-state index in [0.29, 0.717) is 5.56 Å². The predicted octanol–water partition coefficient (Wildman–Crippen LogP) is -1.26. The lowest BCUT2D eigenvalue weighted by atomic mass is 10.3. The number of aliphatic hydroxyl groups is 1. The first-order chi connectivity index (χ1) is 7.56. The number of carbonyl (C=O) groups is 1. The maximum atomic E-state index is 11.4. The second-order valence-electron chi connectivity index (χ2n) is 3.14. The number of amides is 1. The van der Waals surface area contributed by atoms with Gasteiger partial charge < -0.3 is 5.11 Å². The Morgan fingerprint density at radius 2 is 2.38 bits per heavy atom. The standard InChI is InChI=1S/C9H13N3O4/c1-6-5-7(10-12(2)9(6)15)8(14)11-16-4-3-13/h5,13H,3-4H2,1-2H3,(H,11,14). The van der Waals surface area contributed by atoms with Gasteiger partial charge in [-0.15, -0.1) is 0 Å². The van der Waals surface area contributed by atoms with Crippen molar-refractivity contribution in [3.05, 3.63) is 27.7 Å². The van der Waals surface area contributed by atoms with Gasteiger partial charge in [-0.25, -0.2) is 10.2 Å². The Balaban J connectivity index is 2.80. The highest BCUT2D eigenvalue weighted by Crippen LogP contribution is 1.94. The molecule has 1 heterocycles. The first kappa shape index (κ1) is 12.3. The van der Waals surface area contributed by atoms with Crippen molar-refractivity contribution >= 4 is 5.91 Å². The molecule has 0 saturated heterocycles. The van der Waals surface area contributed by atoms with Crippen molar-refractivity contribution in [3.63, 3.8) is 0 Å². The van der Waals surface area contributed by atoms with E-state index >= 15 is 0 Å². The van der Waals surface area contributed by atoms with E-state index < -0.39 is 5.91 Å². The van der Waals surface area contributed by atoms with Crippen LogP contribution in [0, 0.1) is 6.92 Å². The molecule has 0 saturated carbocycles. The third-order valence-electron chi connectivity index (χ3n) is 1.83. The van der Waals surface area contributed by atoms with Gasteiger partial charge in [0.05, 0.1) is 13.2 Å². The molecule has 2 N–H and O–H groups in total. The van der Waals surface area contributed by atoms with Crippen LogP contribution in [-0.4, -0.2) is 34.0 Å². The molecular weight excluding hydrogens is 214 g/mol. The van der Waals surface area contributed by atoms with Crippen LogP contribution in [0.25, 0.3) is 0 Å². The molecule has 0 aliphatic carbocycles. The number of carbonyl (C=O) groups excluding carboxylic acids is 1. The second kappa shape index (κ2) is 5.38. The molecule has 7 nitrogen and oxygen atoms in total. The lowest BCUT2D eigenvalue weighted by molar-refractivity contribution is 0.0163. The Bertz CT molecular complexity index is 415. The Morgan fingerprint density at radius 3 is 2.94 bits per heavy atom. The topological polar surface area (TPSA) is 93.4 Å². The van der Waals surface area contributed by atoms with Gasteiger partial charge in [0.15, 0.2) is 5.69 Å². The van der Waals surface area contributed by atoms with Crippen molar-refractivity contribution < 1.29 is 14.7 Å². The summed E-state index contributed by atoms with van der Waals surface area (Å²) in [6.07, 6.45) is 0. The van der Waals surface area contributed by atoms with Crippen LogP contribution in [0.15, 0.2) is 10.9 Å². The molecule has 1 aromatic heterocycles. The fourth-order valence-electron chi connectivity index (χ4n) is 1.08.